The third-order valence-corrected chi connectivity index (χ3v) is 4.65. The molecule has 18 heavy (non-hydrogen) atoms. The van der Waals surface area contributed by atoms with Gasteiger partial charge in [-0.25, -0.2) is 4.98 Å². The summed E-state index contributed by atoms with van der Waals surface area (Å²) in [6.07, 6.45) is 8.11. The quantitative estimate of drug-likeness (QED) is 0.909. The van der Waals surface area contributed by atoms with Crippen LogP contribution in [0, 0.1) is 0 Å². The van der Waals surface area contributed by atoms with Crippen LogP contribution >= 0.6 is 11.8 Å². The molecule has 1 unspecified atom stereocenters. The van der Waals surface area contributed by atoms with Crippen molar-refractivity contribution in [2.75, 3.05) is 5.75 Å². The van der Waals surface area contributed by atoms with E-state index in [-0.39, 0.29) is 5.54 Å². The predicted molar refractivity (Wildman–Crippen MR) is 78.9 cm³/mol. The summed E-state index contributed by atoms with van der Waals surface area (Å²) in [6, 6.07) is 0. The molecule has 102 valence electrons. The van der Waals surface area contributed by atoms with Crippen molar-refractivity contribution in [2.45, 2.75) is 63.9 Å². The van der Waals surface area contributed by atoms with Crippen LogP contribution in [0.3, 0.4) is 0 Å². The van der Waals surface area contributed by atoms with Crippen molar-refractivity contribution in [3.63, 3.8) is 0 Å². The summed E-state index contributed by atoms with van der Waals surface area (Å²) < 4.78 is 2.32. The van der Waals surface area contributed by atoms with Crippen LogP contribution in [0.2, 0.25) is 0 Å². The minimum absolute atomic E-state index is 0.161. The summed E-state index contributed by atoms with van der Waals surface area (Å²) >= 11 is 2.12. The number of rotatable bonds is 4. The number of imidazole rings is 1. The van der Waals surface area contributed by atoms with Crippen molar-refractivity contribution in [1.82, 2.24) is 14.9 Å². The molecule has 0 spiro atoms. The minimum atomic E-state index is 0.161. The van der Waals surface area contributed by atoms with Gasteiger partial charge >= 0.3 is 0 Å². The zero-order valence-electron chi connectivity index (χ0n) is 11.8. The number of thioether (sulfide) groups is 1. The van der Waals surface area contributed by atoms with Crippen LogP contribution in [-0.4, -0.2) is 26.1 Å². The van der Waals surface area contributed by atoms with Crippen molar-refractivity contribution in [3.05, 3.63) is 18.2 Å². The van der Waals surface area contributed by atoms with Gasteiger partial charge < -0.3 is 9.88 Å². The first kappa shape index (κ1) is 13.9. The molecule has 4 heteroatoms. The maximum absolute atomic E-state index is 4.30. The Morgan fingerprint density at radius 2 is 2.28 bits per heavy atom. The lowest BCUT2D eigenvalue weighted by Crippen LogP contribution is -2.35. The summed E-state index contributed by atoms with van der Waals surface area (Å²) in [5, 5.41) is 4.31. The molecule has 1 aliphatic heterocycles. The van der Waals surface area contributed by atoms with E-state index in [1.54, 1.807) is 0 Å². The lowest BCUT2D eigenvalue weighted by molar-refractivity contribution is 0.414. The molecule has 0 saturated carbocycles. The van der Waals surface area contributed by atoms with E-state index in [4.69, 9.17) is 0 Å². The fourth-order valence-electron chi connectivity index (χ4n) is 2.19. The van der Waals surface area contributed by atoms with E-state index in [0.29, 0.717) is 0 Å². The second kappa shape index (κ2) is 6.11. The summed E-state index contributed by atoms with van der Waals surface area (Å²) in [5.41, 5.74) is 1.46. The second-order valence-corrected chi connectivity index (χ2v) is 7.54. The second-order valence-electron chi connectivity index (χ2n) is 6.13. The van der Waals surface area contributed by atoms with Crippen molar-refractivity contribution < 1.29 is 0 Å². The maximum atomic E-state index is 4.30. The highest BCUT2D eigenvalue weighted by molar-refractivity contribution is 7.99. The van der Waals surface area contributed by atoms with Gasteiger partial charge in [-0.3, -0.25) is 0 Å². The van der Waals surface area contributed by atoms with Crippen LogP contribution < -0.4 is 5.32 Å². The zero-order valence-corrected chi connectivity index (χ0v) is 12.6. The number of hydrogen-bond acceptors (Lipinski definition) is 3. The Labute approximate surface area is 115 Å². The van der Waals surface area contributed by atoms with Crippen molar-refractivity contribution in [1.29, 1.82) is 0 Å². The molecule has 0 bridgehead atoms. The van der Waals surface area contributed by atoms with Crippen molar-refractivity contribution >= 4 is 11.8 Å². The van der Waals surface area contributed by atoms with Gasteiger partial charge in [0.15, 0.2) is 0 Å². The van der Waals surface area contributed by atoms with Crippen LogP contribution in [0.15, 0.2) is 12.5 Å². The molecule has 1 saturated heterocycles. The maximum Gasteiger partial charge on any atom is 0.0948 e. The molecule has 2 heterocycles. The van der Waals surface area contributed by atoms with E-state index in [9.17, 15) is 0 Å². The topological polar surface area (TPSA) is 29.9 Å². The van der Waals surface area contributed by atoms with Gasteiger partial charge in [0.05, 0.1) is 12.0 Å². The molecular formula is C14H25N3S. The normalized spacial score (nSPS) is 21.2. The van der Waals surface area contributed by atoms with E-state index in [2.05, 4.69) is 47.4 Å². The predicted octanol–water partition coefficient (Wildman–Crippen LogP) is 3.06. The van der Waals surface area contributed by atoms with Gasteiger partial charge in [-0.05, 0) is 39.4 Å². The summed E-state index contributed by atoms with van der Waals surface area (Å²) in [4.78, 5) is 4.30. The SMILES string of the molecule is CC(C)(C)NCc1cncn1CC1CCCCS1. The average Bonchev–Trinajstić information content (AvgIpc) is 2.74. The van der Waals surface area contributed by atoms with Crippen molar-refractivity contribution in [3.8, 4) is 0 Å². The van der Waals surface area contributed by atoms with Gasteiger partial charge in [0.25, 0.3) is 0 Å². The Bertz CT molecular complexity index is 361. The first-order valence-corrected chi connectivity index (χ1v) is 7.95. The molecule has 0 aromatic carbocycles. The fourth-order valence-corrected chi connectivity index (χ4v) is 3.49. The lowest BCUT2D eigenvalue weighted by atomic mass is 10.1. The highest BCUT2D eigenvalue weighted by Crippen LogP contribution is 2.26. The molecule has 1 atom stereocenters. The monoisotopic (exact) mass is 267 g/mol. The largest absolute Gasteiger partial charge is 0.332 e. The van der Waals surface area contributed by atoms with E-state index in [1.165, 1.54) is 30.7 Å². The fraction of sp³-hybridized carbons (Fsp3) is 0.786. The van der Waals surface area contributed by atoms with Gasteiger partial charge in [-0.15, -0.1) is 0 Å². The lowest BCUT2D eigenvalue weighted by Gasteiger charge is -2.24. The third-order valence-electron chi connectivity index (χ3n) is 3.27. The zero-order chi connectivity index (χ0) is 13.0. The Morgan fingerprint density at radius 3 is 2.94 bits per heavy atom. The highest BCUT2D eigenvalue weighted by Gasteiger charge is 2.16. The number of aromatic nitrogens is 2. The summed E-state index contributed by atoms with van der Waals surface area (Å²) in [7, 11) is 0. The molecule has 1 fully saturated rings. The highest BCUT2D eigenvalue weighted by atomic mass is 32.2. The molecule has 0 amide bonds. The van der Waals surface area contributed by atoms with Gasteiger partial charge in [0.1, 0.15) is 0 Å². The van der Waals surface area contributed by atoms with Crippen LogP contribution in [0.5, 0.6) is 0 Å². The Balaban J connectivity index is 1.90. The van der Waals surface area contributed by atoms with Gasteiger partial charge in [-0.2, -0.15) is 11.8 Å². The number of hydrogen-bond donors (Lipinski definition) is 1. The van der Waals surface area contributed by atoms with E-state index < -0.39 is 0 Å². The van der Waals surface area contributed by atoms with Crippen molar-refractivity contribution in [2.24, 2.45) is 0 Å². The van der Waals surface area contributed by atoms with Gasteiger partial charge in [-0.1, -0.05) is 6.42 Å². The smallest absolute Gasteiger partial charge is 0.0948 e. The third kappa shape index (κ3) is 4.32. The molecular weight excluding hydrogens is 242 g/mol. The molecule has 0 radical (unpaired) electrons. The number of nitrogens with zero attached hydrogens (tertiary/aromatic N) is 2. The first-order chi connectivity index (χ1) is 8.54. The minimum Gasteiger partial charge on any atom is -0.332 e. The summed E-state index contributed by atoms with van der Waals surface area (Å²) in [5.74, 6) is 1.33. The Kier molecular flexibility index (Phi) is 4.73. The van der Waals surface area contributed by atoms with Gasteiger partial charge in [0, 0.05) is 30.1 Å². The standard InChI is InChI=1S/C14H25N3S/c1-14(2,3)16-9-12-8-15-11-17(12)10-13-6-4-5-7-18-13/h8,11,13,16H,4-7,9-10H2,1-3H3. The van der Waals surface area contributed by atoms with E-state index in [1.807, 2.05) is 12.5 Å². The Hall–Kier alpha value is -0.480. The molecule has 1 aromatic rings. The molecule has 3 nitrogen and oxygen atoms in total. The van der Waals surface area contributed by atoms with Gasteiger partial charge in [0.2, 0.25) is 0 Å². The summed E-state index contributed by atoms with van der Waals surface area (Å²) in [6.45, 7) is 8.62. The average molecular weight is 267 g/mol. The van der Waals surface area contributed by atoms with Crippen LogP contribution in [0.25, 0.3) is 0 Å². The molecule has 1 N–H and O–H groups in total. The number of nitrogens with one attached hydrogen (secondary N) is 1. The first-order valence-electron chi connectivity index (χ1n) is 6.90. The van der Waals surface area contributed by atoms with Crippen LogP contribution in [0.1, 0.15) is 45.7 Å². The van der Waals surface area contributed by atoms with E-state index in [0.717, 1.165) is 18.3 Å². The molecule has 2 rings (SSSR count). The van der Waals surface area contributed by atoms with Crippen LogP contribution in [-0.2, 0) is 13.1 Å². The molecule has 1 aromatic heterocycles. The van der Waals surface area contributed by atoms with Crippen LogP contribution in [0.4, 0.5) is 0 Å². The van der Waals surface area contributed by atoms with E-state index >= 15 is 0 Å². The Morgan fingerprint density at radius 1 is 1.44 bits per heavy atom. The molecule has 0 aliphatic carbocycles. The molecule has 1 aliphatic rings.